The molecule has 7 nitrogen and oxygen atoms in total. The van der Waals surface area contributed by atoms with Crippen LogP contribution in [0.4, 0.5) is 13.2 Å². The van der Waals surface area contributed by atoms with Crippen molar-refractivity contribution in [2.24, 2.45) is 5.92 Å². The van der Waals surface area contributed by atoms with Gasteiger partial charge in [-0.1, -0.05) is 30.3 Å². The molecule has 0 aliphatic rings. The van der Waals surface area contributed by atoms with Gasteiger partial charge in [0.2, 0.25) is 6.54 Å². The van der Waals surface area contributed by atoms with E-state index in [0.717, 1.165) is 5.56 Å². The zero-order valence-electron chi connectivity index (χ0n) is 13.8. The number of halogens is 3. The van der Waals surface area contributed by atoms with Gasteiger partial charge < -0.3 is 14.8 Å². The molecule has 0 aliphatic carbocycles. The van der Waals surface area contributed by atoms with Gasteiger partial charge in [0.05, 0.1) is 6.61 Å². The minimum Gasteiger partial charge on any atom is -0.377 e. The van der Waals surface area contributed by atoms with E-state index >= 15 is 0 Å². The Labute approximate surface area is 147 Å². The highest BCUT2D eigenvalue weighted by atomic mass is 19.4. The molecule has 10 heteroatoms. The van der Waals surface area contributed by atoms with Gasteiger partial charge in [0.15, 0.2) is 0 Å². The Morgan fingerprint density at radius 1 is 1.31 bits per heavy atom. The van der Waals surface area contributed by atoms with E-state index in [4.69, 9.17) is 4.74 Å². The van der Waals surface area contributed by atoms with Crippen LogP contribution in [-0.2, 0) is 20.9 Å². The second kappa shape index (κ2) is 10.5. The quantitative estimate of drug-likeness (QED) is 0.276. The molecule has 0 heterocycles. The van der Waals surface area contributed by atoms with E-state index in [9.17, 15) is 32.9 Å². The molecule has 0 saturated heterocycles. The molecular weight excluding hydrogens is 357 g/mol. The second-order valence-corrected chi connectivity index (χ2v) is 5.57. The fourth-order valence-corrected chi connectivity index (χ4v) is 2.25. The molecule has 2 atom stereocenters. The Balaban J connectivity index is 2.50. The number of alkyl halides is 3. The van der Waals surface area contributed by atoms with Gasteiger partial charge >= 0.3 is 12.1 Å². The molecule has 1 amide bonds. The van der Waals surface area contributed by atoms with Crippen molar-refractivity contribution < 1.29 is 32.4 Å². The number of carbonyl (C=O) groups is 2. The summed E-state index contributed by atoms with van der Waals surface area (Å²) in [5, 5.41) is 12.2. The number of nitro groups is 1. The van der Waals surface area contributed by atoms with Gasteiger partial charge in [-0.2, -0.15) is 13.2 Å². The van der Waals surface area contributed by atoms with Gasteiger partial charge in [-0.3, -0.25) is 14.9 Å². The van der Waals surface area contributed by atoms with Gasteiger partial charge in [0.25, 0.3) is 0 Å². The normalized spacial score (nSPS) is 13.7. The number of ether oxygens (including phenoxy) is 1. The van der Waals surface area contributed by atoms with E-state index in [-0.39, 0.29) is 13.0 Å². The molecule has 0 aromatic heterocycles. The van der Waals surface area contributed by atoms with E-state index in [2.05, 4.69) is 0 Å². The number of hydrogen-bond donors (Lipinski definition) is 1. The fraction of sp³-hybridized carbons (Fsp3) is 0.500. The third-order valence-electron chi connectivity index (χ3n) is 3.55. The second-order valence-electron chi connectivity index (χ2n) is 5.57. The van der Waals surface area contributed by atoms with Gasteiger partial charge in [-0.15, -0.1) is 0 Å². The summed E-state index contributed by atoms with van der Waals surface area (Å²) in [7, 11) is 0. The summed E-state index contributed by atoms with van der Waals surface area (Å²) >= 11 is 0. The van der Waals surface area contributed by atoms with Gasteiger partial charge in [-0.25, -0.2) is 0 Å². The maximum atomic E-state index is 12.3. The highest BCUT2D eigenvalue weighted by Gasteiger charge is 2.41. The Bertz CT molecular complexity index is 595. The molecule has 1 aromatic carbocycles. The Hall–Kier alpha value is -2.49. The standard InChI is InChI=1S/C16H19F3N2O5/c17-16(18,19)15(23)20-14(9-21(24)25)13(10-22)7-4-8-26-11-12-5-2-1-3-6-12/h1-3,5-6,10,13-14H,4,7-9,11H2,(H,20,23)/t13-,14-/m1/s1. The SMILES string of the molecule is O=C[C@@H](CCCOCc1ccccc1)[C@@H](C[N+](=O)[O-])NC(=O)C(F)(F)F. The average Bonchev–Trinajstić information content (AvgIpc) is 2.57. The van der Waals surface area contributed by atoms with Gasteiger partial charge in [-0.05, 0) is 18.4 Å². The van der Waals surface area contributed by atoms with Gasteiger partial charge in [0.1, 0.15) is 12.3 Å². The molecule has 144 valence electrons. The smallest absolute Gasteiger partial charge is 0.377 e. The molecule has 1 rings (SSSR count). The van der Waals surface area contributed by atoms with Crippen LogP contribution in [0.25, 0.3) is 0 Å². The van der Waals surface area contributed by atoms with Crippen molar-refractivity contribution in [1.29, 1.82) is 0 Å². The molecule has 1 aromatic rings. The molecule has 0 aliphatic heterocycles. The molecule has 26 heavy (non-hydrogen) atoms. The van der Waals surface area contributed by atoms with E-state index in [1.54, 1.807) is 0 Å². The number of nitrogens with one attached hydrogen (secondary N) is 1. The summed E-state index contributed by atoms with van der Waals surface area (Å²) in [5.74, 6) is -3.43. The Morgan fingerprint density at radius 3 is 2.50 bits per heavy atom. The molecule has 0 radical (unpaired) electrons. The average molecular weight is 376 g/mol. The predicted octanol–water partition coefficient (Wildman–Crippen LogP) is 2.12. The number of benzene rings is 1. The first-order valence-electron chi connectivity index (χ1n) is 7.80. The van der Waals surface area contributed by atoms with Crippen LogP contribution in [0.1, 0.15) is 18.4 Å². The Morgan fingerprint density at radius 2 is 1.96 bits per heavy atom. The molecule has 0 saturated carbocycles. The van der Waals surface area contributed by atoms with E-state index < -0.39 is 35.5 Å². The van der Waals surface area contributed by atoms with Crippen molar-refractivity contribution in [2.75, 3.05) is 13.2 Å². The van der Waals surface area contributed by atoms with Crippen molar-refractivity contribution in [1.82, 2.24) is 5.32 Å². The lowest BCUT2D eigenvalue weighted by Gasteiger charge is -2.21. The van der Waals surface area contributed by atoms with Crippen LogP contribution in [0, 0.1) is 16.0 Å². The van der Waals surface area contributed by atoms with Crippen molar-refractivity contribution in [3.63, 3.8) is 0 Å². The maximum Gasteiger partial charge on any atom is 0.471 e. The Kier molecular flexibility index (Phi) is 8.70. The highest BCUT2D eigenvalue weighted by molar-refractivity contribution is 5.82. The molecule has 1 N–H and O–H groups in total. The van der Waals surface area contributed by atoms with E-state index in [0.29, 0.717) is 19.3 Å². The number of carbonyl (C=O) groups excluding carboxylic acids is 2. The minimum atomic E-state index is -5.18. The molecule has 0 spiro atoms. The van der Waals surface area contributed by atoms with Crippen LogP contribution >= 0.6 is 0 Å². The van der Waals surface area contributed by atoms with Crippen molar-refractivity contribution in [3.8, 4) is 0 Å². The molecule has 0 bridgehead atoms. The summed E-state index contributed by atoms with van der Waals surface area (Å²) in [5.41, 5.74) is 0.933. The summed E-state index contributed by atoms with van der Waals surface area (Å²) in [4.78, 5) is 31.9. The lowest BCUT2D eigenvalue weighted by molar-refractivity contribution is -0.484. The zero-order chi connectivity index (χ0) is 19.6. The van der Waals surface area contributed by atoms with E-state index in [1.165, 1.54) is 5.32 Å². The third-order valence-corrected chi connectivity index (χ3v) is 3.55. The monoisotopic (exact) mass is 376 g/mol. The minimum absolute atomic E-state index is 0.0505. The molecule has 0 fully saturated rings. The number of hydrogen-bond acceptors (Lipinski definition) is 5. The lowest BCUT2D eigenvalue weighted by atomic mass is 9.96. The lowest BCUT2D eigenvalue weighted by Crippen LogP contribution is -2.50. The predicted molar refractivity (Wildman–Crippen MR) is 84.7 cm³/mol. The molecular formula is C16H19F3N2O5. The first-order valence-corrected chi connectivity index (χ1v) is 7.80. The van der Waals surface area contributed by atoms with Crippen LogP contribution in [0.15, 0.2) is 30.3 Å². The first-order chi connectivity index (χ1) is 12.2. The fourth-order valence-electron chi connectivity index (χ4n) is 2.25. The zero-order valence-corrected chi connectivity index (χ0v) is 13.8. The largest absolute Gasteiger partial charge is 0.471 e. The van der Waals surface area contributed by atoms with Crippen molar-refractivity contribution in [2.45, 2.75) is 31.7 Å². The number of rotatable bonds is 11. The first kappa shape index (κ1) is 21.6. The molecule has 0 unspecified atom stereocenters. The topological polar surface area (TPSA) is 98.5 Å². The summed E-state index contributed by atoms with van der Waals surface area (Å²) < 4.78 is 42.4. The highest BCUT2D eigenvalue weighted by Crippen LogP contribution is 2.17. The van der Waals surface area contributed by atoms with Crippen LogP contribution < -0.4 is 5.32 Å². The van der Waals surface area contributed by atoms with Crippen LogP contribution in [0.2, 0.25) is 0 Å². The van der Waals surface area contributed by atoms with Gasteiger partial charge in [0, 0.05) is 17.4 Å². The van der Waals surface area contributed by atoms with Crippen LogP contribution in [-0.4, -0.2) is 42.5 Å². The van der Waals surface area contributed by atoms with Crippen LogP contribution in [0.3, 0.4) is 0 Å². The summed E-state index contributed by atoms with van der Waals surface area (Å²) in [6, 6.07) is 7.70. The number of amides is 1. The summed E-state index contributed by atoms with van der Waals surface area (Å²) in [6.45, 7) is -0.427. The number of nitrogens with zero attached hydrogens (tertiary/aromatic N) is 1. The van der Waals surface area contributed by atoms with Crippen molar-refractivity contribution in [3.05, 3.63) is 46.0 Å². The van der Waals surface area contributed by atoms with Crippen molar-refractivity contribution >= 4 is 12.2 Å². The summed E-state index contributed by atoms with van der Waals surface area (Å²) in [6.07, 6.45) is -4.51. The number of aldehydes is 1. The van der Waals surface area contributed by atoms with E-state index in [1.807, 2.05) is 30.3 Å². The third kappa shape index (κ3) is 8.06. The van der Waals surface area contributed by atoms with Crippen LogP contribution in [0.5, 0.6) is 0 Å². The maximum absolute atomic E-state index is 12.3.